The van der Waals surface area contributed by atoms with Crippen LogP contribution in [0.5, 0.6) is 0 Å². The molecule has 1 heterocycles. The number of aryl methyl sites for hydroxylation is 1. The number of piperazine rings is 1. The van der Waals surface area contributed by atoms with Crippen molar-refractivity contribution < 1.29 is 14.7 Å². The SMILES string of the molecule is Cc1ccccc1C1CC1C(=O)N1CCN(C(=O)CO)CC1. The molecule has 2 unspecified atom stereocenters. The predicted molar refractivity (Wildman–Crippen MR) is 82.3 cm³/mol. The molecule has 1 aliphatic carbocycles. The van der Waals surface area contributed by atoms with E-state index in [1.807, 2.05) is 17.0 Å². The number of carbonyl (C=O) groups excluding carboxylic acids is 2. The largest absolute Gasteiger partial charge is 0.387 e. The Balaban J connectivity index is 1.56. The predicted octanol–water partition coefficient (Wildman–Crippen LogP) is 0.762. The van der Waals surface area contributed by atoms with Crippen molar-refractivity contribution in [2.75, 3.05) is 32.8 Å². The molecule has 1 aromatic carbocycles. The summed E-state index contributed by atoms with van der Waals surface area (Å²) in [7, 11) is 0. The number of hydrogen-bond donors (Lipinski definition) is 1. The first-order valence-electron chi connectivity index (χ1n) is 7.84. The molecule has 3 rings (SSSR count). The normalized spacial score (nSPS) is 24.3. The quantitative estimate of drug-likeness (QED) is 0.897. The van der Waals surface area contributed by atoms with E-state index >= 15 is 0 Å². The lowest BCUT2D eigenvalue weighted by Crippen LogP contribution is -2.51. The number of aliphatic hydroxyl groups is 1. The number of carbonyl (C=O) groups is 2. The topological polar surface area (TPSA) is 60.9 Å². The number of benzene rings is 1. The van der Waals surface area contributed by atoms with E-state index in [0.29, 0.717) is 32.1 Å². The van der Waals surface area contributed by atoms with Crippen LogP contribution in [0.4, 0.5) is 0 Å². The molecule has 1 N–H and O–H groups in total. The minimum absolute atomic E-state index is 0.0983. The van der Waals surface area contributed by atoms with Crippen molar-refractivity contribution in [2.45, 2.75) is 19.3 Å². The lowest BCUT2D eigenvalue weighted by atomic mass is 10.0. The van der Waals surface area contributed by atoms with Crippen LogP contribution in [0.15, 0.2) is 24.3 Å². The smallest absolute Gasteiger partial charge is 0.248 e. The van der Waals surface area contributed by atoms with Crippen LogP contribution in [0.2, 0.25) is 0 Å². The summed E-state index contributed by atoms with van der Waals surface area (Å²) in [5.41, 5.74) is 2.54. The molecule has 0 radical (unpaired) electrons. The third kappa shape index (κ3) is 2.86. The standard InChI is InChI=1S/C17H22N2O3/c1-12-4-2-3-5-13(12)14-10-15(14)17(22)19-8-6-18(7-9-19)16(21)11-20/h2-5,14-15,20H,6-11H2,1H3. The summed E-state index contributed by atoms with van der Waals surface area (Å²) in [6.45, 7) is 3.82. The highest BCUT2D eigenvalue weighted by Gasteiger charge is 2.46. The van der Waals surface area contributed by atoms with Crippen molar-refractivity contribution in [1.29, 1.82) is 0 Å². The average Bonchev–Trinajstić information content (AvgIpc) is 3.34. The van der Waals surface area contributed by atoms with Crippen LogP contribution in [0.25, 0.3) is 0 Å². The molecular weight excluding hydrogens is 280 g/mol. The first kappa shape index (κ1) is 15.0. The number of aliphatic hydroxyl groups excluding tert-OH is 1. The summed E-state index contributed by atoms with van der Waals surface area (Å²) in [5.74, 6) is 0.410. The van der Waals surface area contributed by atoms with E-state index in [1.54, 1.807) is 4.90 Å². The molecule has 1 aromatic rings. The third-order valence-electron chi connectivity index (χ3n) is 4.77. The van der Waals surface area contributed by atoms with Gasteiger partial charge in [0.05, 0.1) is 0 Å². The van der Waals surface area contributed by atoms with E-state index in [2.05, 4.69) is 19.1 Å². The van der Waals surface area contributed by atoms with Crippen LogP contribution in [0, 0.1) is 12.8 Å². The molecule has 2 fully saturated rings. The second kappa shape index (κ2) is 6.08. The summed E-state index contributed by atoms with van der Waals surface area (Å²) < 4.78 is 0. The molecule has 2 amide bonds. The van der Waals surface area contributed by atoms with E-state index in [4.69, 9.17) is 5.11 Å². The number of nitrogens with zero attached hydrogens (tertiary/aromatic N) is 2. The van der Waals surface area contributed by atoms with Crippen LogP contribution < -0.4 is 0 Å². The third-order valence-corrected chi connectivity index (χ3v) is 4.77. The van der Waals surface area contributed by atoms with E-state index < -0.39 is 6.61 Å². The minimum atomic E-state index is -0.452. The molecule has 1 saturated carbocycles. The maximum atomic E-state index is 12.6. The van der Waals surface area contributed by atoms with Crippen molar-refractivity contribution in [2.24, 2.45) is 5.92 Å². The van der Waals surface area contributed by atoms with E-state index in [1.165, 1.54) is 11.1 Å². The average molecular weight is 302 g/mol. The van der Waals surface area contributed by atoms with Crippen molar-refractivity contribution in [1.82, 2.24) is 9.80 Å². The van der Waals surface area contributed by atoms with Gasteiger partial charge in [-0.05, 0) is 30.4 Å². The number of hydrogen-bond acceptors (Lipinski definition) is 3. The Morgan fingerprint density at radius 1 is 1.14 bits per heavy atom. The first-order valence-corrected chi connectivity index (χ1v) is 7.84. The summed E-state index contributed by atoms with van der Waals surface area (Å²) in [5, 5.41) is 8.88. The Labute approximate surface area is 130 Å². The highest BCUT2D eigenvalue weighted by Crippen LogP contribution is 2.49. The summed E-state index contributed by atoms with van der Waals surface area (Å²) in [4.78, 5) is 27.5. The van der Waals surface area contributed by atoms with Crippen LogP contribution in [0.1, 0.15) is 23.5 Å². The molecule has 118 valence electrons. The zero-order valence-corrected chi connectivity index (χ0v) is 12.9. The van der Waals surface area contributed by atoms with Gasteiger partial charge in [0.2, 0.25) is 11.8 Å². The summed E-state index contributed by atoms with van der Waals surface area (Å²) in [6.07, 6.45) is 0.930. The Kier molecular flexibility index (Phi) is 4.16. The molecule has 5 heteroatoms. The molecule has 0 spiro atoms. The van der Waals surface area contributed by atoms with Gasteiger partial charge in [-0.1, -0.05) is 24.3 Å². The van der Waals surface area contributed by atoms with Crippen molar-refractivity contribution in [3.05, 3.63) is 35.4 Å². The Morgan fingerprint density at radius 2 is 1.77 bits per heavy atom. The van der Waals surface area contributed by atoms with Crippen LogP contribution in [0.3, 0.4) is 0 Å². The van der Waals surface area contributed by atoms with Gasteiger partial charge in [-0.2, -0.15) is 0 Å². The Morgan fingerprint density at radius 3 is 2.41 bits per heavy atom. The fourth-order valence-corrected chi connectivity index (χ4v) is 3.33. The fraction of sp³-hybridized carbons (Fsp3) is 0.529. The number of rotatable bonds is 3. The highest BCUT2D eigenvalue weighted by molar-refractivity contribution is 5.84. The fourth-order valence-electron chi connectivity index (χ4n) is 3.33. The van der Waals surface area contributed by atoms with Gasteiger partial charge in [-0.15, -0.1) is 0 Å². The Bertz CT molecular complexity index is 579. The molecule has 22 heavy (non-hydrogen) atoms. The Hall–Kier alpha value is -1.88. The highest BCUT2D eigenvalue weighted by atomic mass is 16.3. The van der Waals surface area contributed by atoms with E-state index in [-0.39, 0.29) is 17.7 Å². The zero-order valence-electron chi connectivity index (χ0n) is 12.9. The summed E-state index contributed by atoms with van der Waals surface area (Å²) in [6, 6.07) is 8.26. The zero-order chi connectivity index (χ0) is 15.7. The summed E-state index contributed by atoms with van der Waals surface area (Å²) >= 11 is 0. The van der Waals surface area contributed by atoms with Gasteiger partial charge in [0.15, 0.2) is 0 Å². The monoisotopic (exact) mass is 302 g/mol. The first-order chi connectivity index (χ1) is 10.6. The molecule has 2 aliphatic rings. The van der Waals surface area contributed by atoms with Gasteiger partial charge in [0.25, 0.3) is 0 Å². The van der Waals surface area contributed by atoms with E-state index in [0.717, 1.165) is 6.42 Å². The maximum Gasteiger partial charge on any atom is 0.248 e. The molecule has 5 nitrogen and oxygen atoms in total. The second-order valence-corrected chi connectivity index (χ2v) is 6.17. The van der Waals surface area contributed by atoms with Gasteiger partial charge >= 0.3 is 0 Å². The van der Waals surface area contributed by atoms with Gasteiger partial charge in [0.1, 0.15) is 6.61 Å². The van der Waals surface area contributed by atoms with Gasteiger partial charge in [-0.3, -0.25) is 9.59 Å². The second-order valence-electron chi connectivity index (χ2n) is 6.17. The van der Waals surface area contributed by atoms with Gasteiger partial charge in [-0.25, -0.2) is 0 Å². The van der Waals surface area contributed by atoms with Crippen molar-refractivity contribution in [3.8, 4) is 0 Å². The molecule has 0 bridgehead atoms. The van der Waals surface area contributed by atoms with Gasteiger partial charge in [0, 0.05) is 32.1 Å². The molecule has 0 aromatic heterocycles. The van der Waals surface area contributed by atoms with Crippen molar-refractivity contribution >= 4 is 11.8 Å². The molecular formula is C17H22N2O3. The van der Waals surface area contributed by atoms with Crippen molar-refractivity contribution in [3.63, 3.8) is 0 Å². The van der Waals surface area contributed by atoms with Crippen LogP contribution in [-0.4, -0.2) is 59.5 Å². The lowest BCUT2D eigenvalue weighted by molar-refractivity contribution is -0.141. The molecule has 2 atom stereocenters. The molecule has 1 saturated heterocycles. The number of amides is 2. The van der Waals surface area contributed by atoms with E-state index in [9.17, 15) is 9.59 Å². The minimum Gasteiger partial charge on any atom is -0.387 e. The van der Waals surface area contributed by atoms with Crippen LogP contribution in [-0.2, 0) is 9.59 Å². The van der Waals surface area contributed by atoms with Crippen LogP contribution >= 0.6 is 0 Å². The van der Waals surface area contributed by atoms with Gasteiger partial charge < -0.3 is 14.9 Å². The molecule has 1 aliphatic heterocycles. The maximum absolute atomic E-state index is 12.6. The lowest BCUT2D eigenvalue weighted by Gasteiger charge is -2.34.